The maximum Gasteiger partial charge on any atom is 0.347 e. The van der Waals surface area contributed by atoms with Crippen LogP contribution in [-0.4, -0.2) is 60.3 Å². The van der Waals surface area contributed by atoms with E-state index >= 15 is 0 Å². The molecule has 0 unspecified atom stereocenters. The number of aliphatic hydroxyl groups is 1. The van der Waals surface area contributed by atoms with Crippen molar-refractivity contribution in [2.45, 2.75) is 0 Å². The highest BCUT2D eigenvalue weighted by molar-refractivity contribution is 7.80. The number of azo groups is 1. The van der Waals surface area contributed by atoms with Crippen molar-refractivity contribution in [1.29, 1.82) is 0 Å². The monoisotopic (exact) mass is 535 g/mol. The van der Waals surface area contributed by atoms with Crippen LogP contribution in [0.1, 0.15) is 0 Å². The predicted octanol–water partition coefficient (Wildman–Crippen LogP) is 2.51. The van der Waals surface area contributed by atoms with Crippen molar-refractivity contribution >= 4 is 65.4 Å². The lowest BCUT2D eigenvalue weighted by Gasteiger charge is -2.17. The second kappa shape index (κ2) is 11.4. The predicted molar refractivity (Wildman–Crippen MR) is 130 cm³/mol. The summed E-state index contributed by atoms with van der Waals surface area (Å²) in [6.07, 6.45) is 0. The van der Waals surface area contributed by atoms with E-state index in [4.69, 9.17) is 5.11 Å². The van der Waals surface area contributed by atoms with Crippen LogP contribution in [0.5, 0.6) is 0 Å². The van der Waals surface area contributed by atoms with Gasteiger partial charge in [0, 0.05) is 30.5 Å². The second-order valence-electron chi connectivity index (χ2n) is 7.16. The van der Waals surface area contributed by atoms with Gasteiger partial charge in [-0.25, -0.2) is 18.0 Å². The molecule has 0 aliphatic heterocycles. The number of hydrogen-bond acceptors (Lipinski definition) is 13. The third kappa shape index (κ3) is 6.70. The van der Waals surface area contributed by atoms with Crippen LogP contribution < -0.4 is 9.47 Å². The van der Waals surface area contributed by atoms with Crippen molar-refractivity contribution in [3.8, 4) is 0 Å². The maximum atomic E-state index is 11.0. The SMILES string of the molecule is CN(CCO)c1ccc(N=Nc2sc3nc4ccc([N+](=O)[O-])cc4nc3[n+]2C)cc1.COS(=O)(=O)[O-]. The molecule has 0 atom stereocenters. The molecule has 16 heteroatoms. The molecule has 0 saturated carbocycles. The van der Waals surface area contributed by atoms with E-state index in [1.807, 2.05) is 36.2 Å². The molecule has 0 fully saturated rings. The molecule has 36 heavy (non-hydrogen) atoms. The molecule has 4 rings (SSSR count). The fourth-order valence-electron chi connectivity index (χ4n) is 2.90. The molecule has 2 aromatic heterocycles. The number of anilines is 1. The van der Waals surface area contributed by atoms with Crippen molar-refractivity contribution in [2.75, 3.05) is 32.2 Å². The minimum Gasteiger partial charge on any atom is -0.726 e. The molecule has 4 aromatic rings. The molecule has 2 heterocycles. The van der Waals surface area contributed by atoms with Gasteiger partial charge in [-0.3, -0.25) is 14.3 Å². The van der Waals surface area contributed by atoms with Gasteiger partial charge < -0.3 is 14.6 Å². The molecular formula is C20H21N7O7S2. The van der Waals surface area contributed by atoms with Gasteiger partial charge in [-0.05, 0) is 41.7 Å². The number of fused-ring (bicyclic) bond motifs is 2. The molecule has 190 valence electrons. The summed E-state index contributed by atoms with van der Waals surface area (Å²) in [7, 11) is 0.105. The van der Waals surface area contributed by atoms with Gasteiger partial charge in [0.1, 0.15) is 11.2 Å². The van der Waals surface area contributed by atoms with E-state index in [9.17, 15) is 23.1 Å². The number of likely N-dealkylation sites (N-methyl/N-ethyl adjacent to an activating group) is 1. The van der Waals surface area contributed by atoms with E-state index in [2.05, 4.69) is 24.4 Å². The van der Waals surface area contributed by atoms with Crippen LogP contribution in [0.2, 0.25) is 0 Å². The number of thiazole rings is 1. The number of non-ortho nitro benzene ring substituents is 1. The molecule has 0 bridgehead atoms. The van der Waals surface area contributed by atoms with Crippen LogP contribution in [0.25, 0.3) is 21.5 Å². The Kier molecular flexibility index (Phi) is 8.49. The summed E-state index contributed by atoms with van der Waals surface area (Å²) in [4.78, 5) is 22.2. The maximum absolute atomic E-state index is 11.0. The smallest absolute Gasteiger partial charge is 0.347 e. The highest BCUT2D eigenvalue weighted by Crippen LogP contribution is 2.28. The minimum atomic E-state index is -4.41. The number of aromatic nitrogens is 3. The third-order valence-electron chi connectivity index (χ3n) is 4.78. The van der Waals surface area contributed by atoms with E-state index in [0.717, 1.165) is 12.8 Å². The topological polar surface area (TPSA) is 187 Å². The zero-order valence-electron chi connectivity index (χ0n) is 19.3. The number of aliphatic hydroxyl groups excluding tert-OH is 1. The van der Waals surface area contributed by atoms with Gasteiger partial charge >= 0.3 is 10.8 Å². The molecule has 14 nitrogen and oxygen atoms in total. The van der Waals surface area contributed by atoms with Crippen LogP contribution in [0.4, 0.5) is 22.2 Å². The molecule has 2 aromatic carbocycles. The van der Waals surface area contributed by atoms with Gasteiger partial charge in [0.2, 0.25) is 10.4 Å². The van der Waals surface area contributed by atoms with E-state index in [1.54, 1.807) is 17.7 Å². The zero-order valence-corrected chi connectivity index (χ0v) is 20.9. The fourth-order valence-corrected chi connectivity index (χ4v) is 3.80. The van der Waals surface area contributed by atoms with E-state index in [1.165, 1.54) is 23.5 Å². The lowest BCUT2D eigenvalue weighted by molar-refractivity contribution is -0.629. The molecule has 0 spiro atoms. The van der Waals surface area contributed by atoms with Crippen molar-refractivity contribution in [3.63, 3.8) is 0 Å². The summed E-state index contributed by atoms with van der Waals surface area (Å²) in [5, 5.41) is 29.3. The zero-order chi connectivity index (χ0) is 26.5. The lowest BCUT2D eigenvalue weighted by Crippen LogP contribution is -2.26. The fraction of sp³-hybridized carbons (Fsp3) is 0.250. The summed E-state index contributed by atoms with van der Waals surface area (Å²) in [6.45, 7) is 0.640. The molecule has 0 radical (unpaired) electrons. The lowest BCUT2D eigenvalue weighted by atomic mass is 10.2. The van der Waals surface area contributed by atoms with Gasteiger partial charge in [0.25, 0.3) is 5.69 Å². The summed E-state index contributed by atoms with van der Waals surface area (Å²) in [5.74, 6) is 0. The van der Waals surface area contributed by atoms with E-state index in [-0.39, 0.29) is 12.3 Å². The van der Waals surface area contributed by atoms with Crippen molar-refractivity contribution < 1.29 is 31.8 Å². The number of aryl methyl sites for hydroxylation is 1. The number of hydrogen-bond donors (Lipinski definition) is 1. The Hall–Kier alpha value is -3.70. The van der Waals surface area contributed by atoms with Crippen molar-refractivity contribution in [1.82, 2.24) is 9.97 Å². The highest BCUT2D eigenvalue weighted by Gasteiger charge is 2.20. The average Bonchev–Trinajstić information content (AvgIpc) is 3.15. The molecule has 0 amide bonds. The van der Waals surface area contributed by atoms with Gasteiger partial charge in [-0.1, -0.05) is 10.1 Å². The highest BCUT2D eigenvalue weighted by atomic mass is 32.3. The standard InChI is InChI=1S/C19H18N7O3S.CH4O4S/c1-24(9-10-27)13-5-3-12(4-6-13)22-23-19-25(2)17-18(30-19)21-15-8-7-14(26(28)29)11-16(15)20-17;1-5-6(2,3)4/h3-8,11,27H,9-10H2,1-2H3;1H3,(H,2,3,4)/q+1;/p-1. The number of nitro benzene ring substituents is 1. The van der Waals surface area contributed by atoms with Gasteiger partial charge in [-0.2, -0.15) is 0 Å². The number of nitro groups is 1. The Balaban J connectivity index is 0.000000538. The van der Waals surface area contributed by atoms with Crippen LogP contribution in [0.15, 0.2) is 52.7 Å². The Bertz CT molecular complexity index is 1520. The van der Waals surface area contributed by atoms with Crippen LogP contribution >= 0.6 is 11.3 Å². The number of nitrogens with zero attached hydrogens (tertiary/aromatic N) is 7. The van der Waals surface area contributed by atoms with Gasteiger partial charge in [-0.15, -0.1) is 0 Å². The Morgan fingerprint density at radius 1 is 1.17 bits per heavy atom. The second-order valence-corrected chi connectivity index (χ2v) is 9.27. The Morgan fingerprint density at radius 2 is 1.83 bits per heavy atom. The van der Waals surface area contributed by atoms with Crippen LogP contribution in [0, 0.1) is 10.1 Å². The largest absolute Gasteiger partial charge is 0.726 e. The molecule has 1 N–H and O–H groups in total. The number of benzene rings is 2. The first-order valence-electron chi connectivity index (χ1n) is 10.1. The first-order chi connectivity index (χ1) is 17.0. The Labute approximate surface area is 209 Å². The first-order valence-corrected chi connectivity index (χ1v) is 12.3. The van der Waals surface area contributed by atoms with Gasteiger partial charge in [0.05, 0.1) is 31.8 Å². The first kappa shape index (κ1) is 26.9. The van der Waals surface area contributed by atoms with Gasteiger partial charge in [0.15, 0.2) is 10.3 Å². The summed E-state index contributed by atoms with van der Waals surface area (Å²) in [5.41, 5.74) is 3.27. The molecule has 0 aliphatic rings. The summed E-state index contributed by atoms with van der Waals surface area (Å²) < 4.78 is 32.8. The number of rotatable bonds is 7. The van der Waals surface area contributed by atoms with Crippen LogP contribution in [0.3, 0.4) is 0 Å². The summed E-state index contributed by atoms with van der Waals surface area (Å²) in [6, 6.07) is 12.0. The molecular weight excluding hydrogens is 514 g/mol. The van der Waals surface area contributed by atoms with Crippen molar-refractivity contribution in [3.05, 3.63) is 52.6 Å². The normalized spacial score (nSPS) is 11.6. The van der Waals surface area contributed by atoms with Crippen molar-refractivity contribution in [2.24, 2.45) is 17.3 Å². The summed E-state index contributed by atoms with van der Waals surface area (Å²) >= 11 is 1.34. The molecule has 0 aliphatic carbocycles. The Morgan fingerprint density at radius 3 is 2.42 bits per heavy atom. The quantitative estimate of drug-likeness (QED) is 0.0919. The third-order valence-corrected chi connectivity index (χ3v) is 6.20. The minimum absolute atomic E-state index is 0.0259. The van der Waals surface area contributed by atoms with E-state index in [0.29, 0.717) is 38.9 Å². The average molecular weight is 536 g/mol. The molecule has 0 saturated heterocycles. The van der Waals surface area contributed by atoms with Crippen LogP contribution in [-0.2, 0) is 21.6 Å². The van der Waals surface area contributed by atoms with E-state index < -0.39 is 15.3 Å².